The highest BCUT2D eigenvalue weighted by Crippen LogP contribution is 2.43. The van der Waals surface area contributed by atoms with Crippen molar-refractivity contribution < 1.29 is 23.7 Å². The van der Waals surface area contributed by atoms with E-state index in [4.69, 9.17) is 4.42 Å². The van der Waals surface area contributed by atoms with Crippen molar-refractivity contribution in [3.63, 3.8) is 0 Å². The quantitative estimate of drug-likeness (QED) is 0.281. The zero-order valence-electron chi connectivity index (χ0n) is 17.0. The molecule has 0 fully saturated rings. The summed E-state index contributed by atoms with van der Waals surface area (Å²) in [5, 5.41) is 14.7. The van der Waals surface area contributed by atoms with E-state index >= 15 is 0 Å². The maximum Gasteiger partial charge on any atom is 0.442 e. The Bertz CT molecular complexity index is 1420. The number of hydrogen-bond acceptors (Lipinski definition) is 6. The van der Waals surface area contributed by atoms with Gasteiger partial charge in [-0.3, -0.25) is 29.4 Å². The predicted octanol–water partition coefficient (Wildman–Crippen LogP) is 4.24. The Morgan fingerprint density at radius 1 is 0.909 bits per heavy atom. The van der Waals surface area contributed by atoms with Gasteiger partial charge in [0, 0.05) is 0 Å². The Hall–Kier alpha value is -4.79. The first-order valence-electron chi connectivity index (χ1n) is 9.96. The molecule has 5 rings (SSSR count). The highest BCUT2D eigenvalue weighted by atomic mass is 16.6. The van der Waals surface area contributed by atoms with Gasteiger partial charge in [0.25, 0.3) is 11.8 Å². The third-order valence-electron chi connectivity index (χ3n) is 5.38. The largest absolute Gasteiger partial charge is 0.442 e. The zero-order valence-corrected chi connectivity index (χ0v) is 17.0. The molecule has 0 radical (unpaired) electrons. The van der Waals surface area contributed by atoms with Crippen LogP contribution >= 0.6 is 0 Å². The molecule has 0 saturated carbocycles. The normalized spacial score (nSPS) is 12.8. The second-order valence-corrected chi connectivity index (χ2v) is 7.37. The molecule has 2 heterocycles. The van der Waals surface area contributed by atoms with Crippen LogP contribution in [0.25, 0.3) is 22.1 Å². The molecule has 1 aliphatic rings. The monoisotopic (exact) mass is 441 g/mol. The summed E-state index contributed by atoms with van der Waals surface area (Å²) in [7, 11) is 0. The number of fused-ring (bicyclic) bond motifs is 2. The molecule has 0 spiro atoms. The second kappa shape index (κ2) is 7.72. The van der Waals surface area contributed by atoms with E-state index in [2.05, 4.69) is 5.32 Å². The van der Waals surface area contributed by atoms with Gasteiger partial charge in [-0.15, -0.1) is 0 Å². The van der Waals surface area contributed by atoms with E-state index < -0.39 is 35.1 Å². The third-order valence-corrected chi connectivity index (χ3v) is 5.38. The Morgan fingerprint density at radius 3 is 2.18 bits per heavy atom. The Morgan fingerprint density at radius 2 is 1.55 bits per heavy atom. The van der Waals surface area contributed by atoms with Crippen molar-refractivity contribution in [2.75, 3.05) is 11.9 Å². The van der Waals surface area contributed by atoms with Gasteiger partial charge in [0.2, 0.25) is 5.91 Å². The van der Waals surface area contributed by atoms with Gasteiger partial charge in [-0.25, -0.2) is 0 Å². The number of carbonyl (C=O) groups is 3. The van der Waals surface area contributed by atoms with Crippen molar-refractivity contribution in [1.82, 2.24) is 4.90 Å². The van der Waals surface area contributed by atoms with Crippen molar-refractivity contribution in [3.8, 4) is 11.1 Å². The van der Waals surface area contributed by atoms with Crippen LogP contribution in [0, 0.1) is 10.1 Å². The highest BCUT2D eigenvalue weighted by molar-refractivity contribution is 6.23. The van der Waals surface area contributed by atoms with E-state index in [9.17, 15) is 24.5 Å². The topological polar surface area (TPSA) is 123 Å². The SMILES string of the molecule is O=C(CN1C(=O)c2ccccc2C1=O)Nc1cccc2oc([N+](=O)[O-])c(-c3ccccc3)c12. The van der Waals surface area contributed by atoms with Crippen molar-refractivity contribution >= 4 is 40.3 Å². The molecular formula is C24H15N3O6. The standard InChI is InChI=1S/C24H15N3O6/c28-19(13-26-22(29)15-9-4-5-10-16(15)23(26)30)25-17-11-6-12-18-21(17)20(24(33-18)27(31)32)14-7-2-1-3-8-14/h1-12H,13H2,(H,25,28). The third kappa shape index (κ3) is 3.32. The molecule has 0 aliphatic carbocycles. The van der Waals surface area contributed by atoms with Crippen molar-refractivity contribution in [3.05, 3.63) is 94.0 Å². The first-order chi connectivity index (χ1) is 16.0. The van der Waals surface area contributed by atoms with E-state index in [1.807, 2.05) is 0 Å². The lowest BCUT2D eigenvalue weighted by molar-refractivity contribution is -0.400. The zero-order chi connectivity index (χ0) is 23.1. The van der Waals surface area contributed by atoms with Crippen LogP contribution in [0.15, 0.2) is 77.2 Å². The lowest BCUT2D eigenvalue weighted by Crippen LogP contribution is -2.37. The Kier molecular flexibility index (Phi) is 4.71. The van der Waals surface area contributed by atoms with Crippen LogP contribution in [0.1, 0.15) is 20.7 Å². The lowest BCUT2D eigenvalue weighted by Gasteiger charge is -2.14. The molecule has 0 unspecified atom stereocenters. The van der Waals surface area contributed by atoms with Crippen LogP contribution in [0.4, 0.5) is 11.6 Å². The van der Waals surface area contributed by atoms with Crippen LogP contribution in [-0.4, -0.2) is 34.1 Å². The number of amides is 3. The van der Waals surface area contributed by atoms with E-state index in [1.165, 1.54) is 12.1 Å². The van der Waals surface area contributed by atoms with Crippen molar-refractivity contribution in [2.45, 2.75) is 0 Å². The summed E-state index contributed by atoms with van der Waals surface area (Å²) in [6, 6.07) is 19.7. The van der Waals surface area contributed by atoms with E-state index in [-0.39, 0.29) is 28.0 Å². The average Bonchev–Trinajstić information content (AvgIpc) is 3.33. The fourth-order valence-corrected chi connectivity index (χ4v) is 3.96. The van der Waals surface area contributed by atoms with E-state index in [0.29, 0.717) is 10.9 Å². The molecule has 4 aromatic rings. The highest BCUT2D eigenvalue weighted by Gasteiger charge is 2.36. The minimum atomic E-state index is -0.625. The fourth-order valence-electron chi connectivity index (χ4n) is 3.96. The van der Waals surface area contributed by atoms with Crippen LogP contribution in [-0.2, 0) is 4.79 Å². The summed E-state index contributed by atoms with van der Waals surface area (Å²) >= 11 is 0. The molecule has 33 heavy (non-hydrogen) atoms. The molecule has 9 nitrogen and oxygen atoms in total. The number of benzene rings is 3. The van der Waals surface area contributed by atoms with Crippen molar-refractivity contribution in [1.29, 1.82) is 0 Å². The van der Waals surface area contributed by atoms with Crippen molar-refractivity contribution in [2.24, 2.45) is 0 Å². The van der Waals surface area contributed by atoms with Gasteiger partial charge < -0.3 is 9.73 Å². The Labute approximate surface area is 186 Å². The van der Waals surface area contributed by atoms with Gasteiger partial charge in [-0.2, -0.15) is 0 Å². The number of hydrogen-bond donors (Lipinski definition) is 1. The molecule has 3 aromatic carbocycles. The van der Waals surface area contributed by atoms with Gasteiger partial charge in [0.15, 0.2) is 0 Å². The average molecular weight is 441 g/mol. The summed E-state index contributed by atoms with van der Waals surface area (Å²) in [5.74, 6) is -2.17. The van der Waals surface area contributed by atoms with Crippen LogP contribution < -0.4 is 5.32 Å². The summed E-state index contributed by atoms with van der Waals surface area (Å²) in [5.41, 5.74) is 1.75. The first kappa shape index (κ1) is 20.1. The number of nitrogens with one attached hydrogen (secondary N) is 1. The predicted molar refractivity (Wildman–Crippen MR) is 119 cm³/mol. The molecule has 162 valence electrons. The summed E-state index contributed by atoms with van der Waals surface area (Å²) < 4.78 is 5.48. The molecule has 0 bridgehead atoms. The van der Waals surface area contributed by atoms with Crippen LogP contribution in [0.3, 0.4) is 0 Å². The Balaban J connectivity index is 1.50. The number of carbonyl (C=O) groups excluding carboxylic acids is 3. The number of nitrogens with zero attached hydrogens (tertiary/aromatic N) is 2. The first-order valence-corrected chi connectivity index (χ1v) is 9.96. The van der Waals surface area contributed by atoms with Gasteiger partial charge in [0.1, 0.15) is 22.6 Å². The molecule has 3 amide bonds. The van der Waals surface area contributed by atoms with Crippen LogP contribution in [0.2, 0.25) is 0 Å². The van der Waals surface area contributed by atoms with E-state index in [0.717, 1.165) is 4.90 Å². The fraction of sp³-hybridized carbons (Fsp3) is 0.0417. The molecule has 0 atom stereocenters. The second-order valence-electron chi connectivity index (χ2n) is 7.37. The number of anilines is 1. The number of imide groups is 1. The van der Waals surface area contributed by atoms with E-state index in [1.54, 1.807) is 60.7 Å². The number of rotatable bonds is 5. The summed E-state index contributed by atoms with van der Waals surface area (Å²) in [4.78, 5) is 49.8. The number of nitro groups is 1. The maximum absolute atomic E-state index is 12.8. The van der Waals surface area contributed by atoms with Crippen LogP contribution in [0.5, 0.6) is 0 Å². The molecule has 1 aromatic heterocycles. The maximum atomic E-state index is 12.8. The van der Waals surface area contributed by atoms with Gasteiger partial charge in [0.05, 0.1) is 22.2 Å². The summed E-state index contributed by atoms with van der Waals surface area (Å²) in [6.07, 6.45) is 0. The minimum Gasteiger partial charge on any atom is -0.400 e. The summed E-state index contributed by atoms with van der Waals surface area (Å²) in [6.45, 7) is -0.497. The molecule has 0 saturated heterocycles. The molecule has 1 N–H and O–H groups in total. The molecule has 9 heteroatoms. The van der Waals surface area contributed by atoms with Gasteiger partial charge >= 0.3 is 5.88 Å². The molecular weight excluding hydrogens is 426 g/mol. The lowest BCUT2D eigenvalue weighted by atomic mass is 10.0. The van der Waals surface area contributed by atoms with Gasteiger partial charge in [-0.1, -0.05) is 48.5 Å². The number of furan rings is 1. The molecule has 1 aliphatic heterocycles. The smallest absolute Gasteiger partial charge is 0.400 e. The minimum absolute atomic E-state index is 0.221. The van der Waals surface area contributed by atoms with Gasteiger partial charge in [-0.05, 0) is 29.8 Å².